The number of aliphatic carboxylic acids is 1. The number of hydrogen-bond acceptors (Lipinski definition) is 4. The van der Waals surface area contributed by atoms with Crippen molar-refractivity contribution in [1.82, 2.24) is 4.98 Å². The van der Waals surface area contributed by atoms with E-state index >= 15 is 0 Å². The fourth-order valence-electron chi connectivity index (χ4n) is 2.63. The lowest BCUT2D eigenvalue weighted by molar-refractivity contribution is -0.140. The van der Waals surface area contributed by atoms with Crippen molar-refractivity contribution in [2.24, 2.45) is 0 Å². The van der Waals surface area contributed by atoms with Gasteiger partial charge in [-0.25, -0.2) is 9.37 Å². The predicted molar refractivity (Wildman–Crippen MR) is 105 cm³/mol. The lowest BCUT2D eigenvalue weighted by atomic mass is 10.1. The van der Waals surface area contributed by atoms with Crippen molar-refractivity contribution in [3.63, 3.8) is 0 Å². The summed E-state index contributed by atoms with van der Waals surface area (Å²) in [6, 6.07) is 10.0. The molecule has 0 aliphatic rings. The van der Waals surface area contributed by atoms with Gasteiger partial charge in [0.2, 0.25) is 0 Å². The van der Waals surface area contributed by atoms with Crippen LogP contribution in [-0.2, 0) is 23.1 Å². The van der Waals surface area contributed by atoms with Crippen LogP contribution < -0.4 is 0 Å². The lowest BCUT2D eigenvalue weighted by Gasteiger charge is -2.08. The van der Waals surface area contributed by atoms with E-state index in [1.807, 2.05) is 6.07 Å². The Morgan fingerprint density at radius 3 is 2.62 bits per heavy atom. The molecule has 0 aliphatic heterocycles. The molecule has 0 unspecified atom stereocenters. The summed E-state index contributed by atoms with van der Waals surface area (Å²) in [6.07, 6.45) is -4.80. The van der Waals surface area contributed by atoms with Gasteiger partial charge in [-0.1, -0.05) is 18.2 Å². The molecule has 0 saturated heterocycles. The van der Waals surface area contributed by atoms with Gasteiger partial charge in [-0.3, -0.25) is 4.79 Å². The van der Waals surface area contributed by atoms with Crippen LogP contribution in [0.3, 0.4) is 0 Å². The van der Waals surface area contributed by atoms with Gasteiger partial charge >= 0.3 is 12.1 Å². The molecular weight excluding hydrogens is 426 g/mol. The number of nitrogens with zero attached hydrogens (tertiary/aromatic N) is 1. The molecule has 152 valence electrons. The number of carbonyl (C=O) groups is 1. The Morgan fingerprint density at radius 2 is 1.97 bits per heavy atom. The van der Waals surface area contributed by atoms with Crippen LogP contribution in [0.1, 0.15) is 21.7 Å². The van der Waals surface area contributed by atoms with E-state index in [0.717, 1.165) is 27.6 Å². The zero-order valence-corrected chi connectivity index (χ0v) is 16.7. The molecule has 0 saturated carbocycles. The Labute approximate surface area is 172 Å². The van der Waals surface area contributed by atoms with Crippen molar-refractivity contribution >= 4 is 29.1 Å². The van der Waals surface area contributed by atoms with Gasteiger partial charge in [0.15, 0.2) is 0 Å². The van der Waals surface area contributed by atoms with E-state index in [1.54, 1.807) is 25.1 Å². The molecule has 0 radical (unpaired) electrons. The van der Waals surface area contributed by atoms with Gasteiger partial charge in [0, 0.05) is 21.1 Å². The number of halogens is 4. The highest BCUT2D eigenvalue weighted by Gasteiger charge is 2.34. The summed E-state index contributed by atoms with van der Waals surface area (Å²) in [5.41, 5.74) is 0.416. The van der Waals surface area contributed by atoms with Crippen molar-refractivity contribution in [2.45, 2.75) is 30.2 Å². The topological polar surface area (TPSA) is 50.2 Å². The number of benzene rings is 2. The Balaban J connectivity index is 1.76. The van der Waals surface area contributed by atoms with Crippen LogP contribution >= 0.6 is 23.1 Å². The van der Waals surface area contributed by atoms with Crippen molar-refractivity contribution in [2.75, 3.05) is 0 Å². The number of carboxylic acid groups (broad SMARTS) is 1. The molecule has 1 N–H and O–H groups in total. The van der Waals surface area contributed by atoms with E-state index in [4.69, 9.17) is 5.11 Å². The number of carboxylic acids is 1. The largest absolute Gasteiger partial charge is 0.481 e. The van der Waals surface area contributed by atoms with Crippen LogP contribution in [0, 0.1) is 12.7 Å². The standard InChI is InChI=1S/C20H15F4NO2S2/c1-11-17(10-28-14-4-2-3-12(7-14)8-18(26)27)29-19(25-11)13-5-6-15(16(21)9-13)20(22,23)24/h2-7,9H,8,10H2,1H3,(H,26,27). The van der Waals surface area contributed by atoms with Crippen LogP contribution in [0.2, 0.25) is 0 Å². The monoisotopic (exact) mass is 441 g/mol. The van der Waals surface area contributed by atoms with Crippen LogP contribution in [0.5, 0.6) is 0 Å². The number of aromatic nitrogens is 1. The zero-order valence-electron chi connectivity index (χ0n) is 15.1. The number of thiazole rings is 1. The molecule has 2 aromatic carbocycles. The van der Waals surface area contributed by atoms with E-state index in [-0.39, 0.29) is 6.42 Å². The first-order chi connectivity index (χ1) is 13.6. The van der Waals surface area contributed by atoms with E-state index < -0.39 is 23.5 Å². The average molecular weight is 441 g/mol. The quantitative estimate of drug-likeness (QED) is 0.366. The number of thioether (sulfide) groups is 1. The molecule has 9 heteroatoms. The highest BCUT2D eigenvalue weighted by molar-refractivity contribution is 7.98. The zero-order chi connectivity index (χ0) is 21.2. The highest BCUT2D eigenvalue weighted by Crippen LogP contribution is 2.36. The normalized spacial score (nSPS) is 11.6. The van der Waals surface area contributed by atoms with Crippen molar-refractivity contribution < 1.29 is 27.5 Å². The fourth-order valence-corrected chi connectivity index (χ4v) is 4.81. The lowest BCUT2D eigenvalue weighted by Crippen LogP contribution is -2.07. The maximum atomic E-state index is 13.8. The second-order valence-electron chi connectivity index (χ2n) is 6.23. The summed E-state index contributed by atoms with van der Waals surface area (Å²) >= 11 is 2.80. The van der Waals surface area contributed by atoms with Gasteiger partial charge in [0.05, 0.1) is 17.7 Å². The molecule has 29 heavy (non-hydrogen) atoms. The summed E-state index contributed by atoms with van der Waals surface area (Å²) in [4.78, 5) is 17.0. The van der Waals surface area contributed by atoms with Gasteiger partial charge in [-0.15, -0.1) is 23.1 Å². The first kappa shape index (κ1) is 21.3. The van der Waals surface area contributed by atoms with Gasteiger partial charge in [0.1, 0.15) is 10.8 Å². The van der Waals surface area contributed by atoms with Crippen LogP contribution in [0.15, 0.2) is 47.4 Å². The van der Waals surface area contributed by atoms with Gasteiger partial charge < -0.3 is 5.11 Å². The van der Waals surface area contributed by atoms with Crippen LogP contribution in [0.4, 0.5) is 17.6 Å². The number of rotatable bonds is 6. The van der Waals surface area contributed by atoms with Crippen molar-refractivity contribution in [3.05, 3.63) is 70.0 Å². The second-order valence-corrected chi connectivity index (χ2v) is 8.36. The molecular formula is C20H15F4NO2S2. The average Bonchev–Trinajstić information content (AvgIpc) is 2.99. The van der Waals surface area contributed by atoms with E-state index in [1.165, 1.54) is 29.2 Å². The maximum absolute atomic E-state index is 13.8. The minimum Gasteiger partial charge on any atom is -0.481 e. The molecule has 0 amide bonds. The van der Waals surface area contributed by atoms with E-state index in [2.05, 4.69) is 4.98 Å². The van der Waals surface area contributed by atoms with Gasteiger partial charge in [-0.2, -0.15) is 13.2 Å². The predicted octanol–water partition coefficient (Wildman–Crippen LogP) is 6.20. The SMILES string of the molecule is Cc1nc(-c2ccc(C(F)(F)F)c(F)c2)sc1CSc1cccc(CC(=O)O)c1. The molecule has 3 aromatic rings. The molecule has 0 fully saturated rings. The molecule has 3 rings (SSSR count). The first-order valence-corrected chi connectivity index (χ1v) is 10.2. The summed E-state index contributed by atoms with van der Waals surface area (Å²) in [6.45, 7) is 1.79. The molecule has 0 spiro atoms. The molecule has 0 aliphatic carbocycles. The summed E-state index contributed by atoms with van der Waals surface area (Å²) in [5.74, 6) is -1.67. The van der Waals surface area contributed by atoms with E-state index in [9.17, 15) is 22.4 Å². The van der Waals surface area contributed by atoms with Crippen LogP contribution in [-0.4, -0.2) is 16.1 Å². The molecule has 0 bridgehead atoms. The third-order valence-corrected chi connectivity index (χ3v) is 6.45. The third kappa shape index (κ3) is 5.36. The summed E-state index contributed by atoms with van der Waals surface area (Å²) in [5, 5.41) is 9.34. The smallest absolute Gasteiger partial charge is 0.419 e. The molecule has 1 heterocycles. The molecule has 3 nitrogen and oxygen atoms in total. The Kier molecular flexibility index (Phi) is 6.28. The van der Waals surface area contributed by atoms with Crippen LogP contribution in [0.25, 0.3) is 10.6 Å². The molecule has 1 aromatic heterocycles. The second kappa shape index (κ2) is 8.54. The number of hydrogen-bond donors (Lipinski definition) is 1. The minimum absolute atomic E-state index is 0.0579. The number of alkyl halides is 3. The van der Waals surface area contributed by atoms with Crippen molar-refractivity contribution in [3.8, 4) is 10.6 Å². The van der Waals surface area contributed by atoms with Gasteiger partial charge in [-0.05, 0) is 36.8 Å². The minimum atomic E-state index is -4.74. The summed E-state index contributed by atoms with van der Waals surface area (Å²) in [7, 11) is 0. The van der Waals surface area contributed by atoms with Crippen molar-refractivity contribution in [1.29, 1.82) is 0 Å². The third-order valence-electron chi connectivity index (χ3n) is 4.04. The Morgan fingerprint density at radius 1 is 1.21 bits per heavy atom. The molecule has 0 atom stereocenters. The summed E-state index contributed by atoms with van der Waals surface area (Å²) < 4.78 is 52.0. The first-order valence-electron chi connectivity index (χ1n) is 8.40. The maximum Gasteiger partial charge on any atom is 0.419 e. The van der Waals surface area contributed by atoms with Gasteiger partial charge in [0.25, 0.3) is 0 Å². The highest BCUT2D eigenvalue weighted by atomic mass is 32.2. The Bertz CT molecular complexity index is 1050. The fraction of sp³-hybridized carbons (Fsp3) is 0.200. The number of aryl methyl sites for hydroxylation is 1. The Hall–Kier alpha value is -2.39. The van der Waals surface area contributed by atoms with E-state index in [0.29, 0.717) is 21.9 Å².